The predicted octanol–water partition coefficient (Wildman–Crippen LogP) is 5.68. The molecule has 2 rings (SSSR count). The van der Waals surface area contributed by atoms with Crippen molar-refractivity contribution in [1.82, 2.24) is 0 Å². The summed E-state index contributed by atoms with van der Waals surface area (Å²) in [6.45, 7) is 5.75. The number of carbonyl (C=O) groups excluding carboxylic acids is 2. The van der Waals surface area contributed by atoms with Crippen molar-refractivity contribution in [2.45, 2.75) is 64.6 Å². The summed E-state index contributed by atoms with van der Waals surface area (Å²) in [6, 6.07) is 17.4. The maximum absolute atomic E-state index is 12.1. The average molecular weight is 414 g/mol. The van der Waals surface area contributed by atoms with Crippen LogP contribution in [0.15, 0.2) is 60.7 Å². The van der Waals surface area contributed by atoms with Gasteiger partial charge in [0.2, 0.25) is 0 Å². The smallest absolute Gasteiger partial charge is 0.293 e. The number of carbonyl (C=O) groups is 2. The molecule has 1 atom stereocenters. The van der Waals surface area contributed by atoms with Crippen LogP contribution in [0.4, 0.5) is 0 Å². The Morgan fingerprint density at radius 2 is 1.37 bits per heavy atom. The first-order valence-corrected chi connectivity index (χ1v) is 10.3. The molecular weight excluding hydrogens is 384 g/mol. The fraction of sp³-hybridized carbons (Fsp3) is 0.417. The average Bonchev–Trinajstić information content (AvgIpc) is 2.78. The van der Waals surface area contributed by atoms with Crippen molar-refractivity contribution in [1.29, 1.82) is 0 Å². The van der Waals surface area contributed by atoms with Crippen molar-refractivity contribution >= 4 is 11.9 Å². The molecule has 1 unspecified atom stereocenters. The maximum atomic E-state index is 12.1. The normalized spacial score (nSPS) is 12.2. The molecule has 0 aliphatic rings. The quantitative estimate of drug-likeness (QED) is 0.329. The summed E-state index contributed by atoms with van der Waals surface area (Å²) < 4.78 is 0. The van der Waals surface area contributed by atoms with Crippen molar-refractivity contribution < 1.29 is 29.1 Å². The van der Waals surface area contributed by atoms with Crippen molar-refractivity contribution in [2.75, 3.05) is 0 Å². The summed E-state index contributed by atoms with van der Waals surface area (Å²) in [4.78, 5) is 45.0. The first-order valence-electron chi connectivity index (χ1n) is 10.3. The molecule has 0 radical (unpaired) electrons. The first-order chi connectivity index (χ1) is 14.4. The summed E-state index contributed by atoms with van der Waals surface area (Å²) in [5.41, 5.74) is 0.135. The molecule has 0 spiro atoms. The molecule has 2 aromatic carbocycles. The van der Waals surface area contributed by atoms with E-state index in [-0.39, 0.29) is 6.10 Å². The second kappa shape index (κ2) is 12.1. The van der Waals surface area contributed by atoms with Crippen molar-refractivity contribution in [3.63, 3.8) is 0 Å². The molecule has 0 heterocycles. The highest BCUT2D eigenvalue weighted by Crippen LogP contribution is 2.22. The van der Waals surface area contributed by atoms with E-state index >= 15 is 0 Å². The highest BCUT2D eigenvalue weighted by atomic mass is 17.2. The van der Waals surface area contributed by atoms with E-state index in [1.165, 1.54) is 0 Å². The zero-order valence-electron chi connectivity index (χ0n) is 17.8. The third kappa shape index (κ3) is 8.35. The van der Waals surface area contributed by atoms with Crippen molar-refractivity contribution in [3.8, 4) is 0 Å². The van der Waals surface area contributed by atoms with Gasteiger partial charge in [-0.05, 0) is 57.4 Å². The van der Waals surface area contributed by atoms with Gasteiger partial charge in [-0.25, -0.2) is 9.59 Å². The van der Waals surface area contributed by atoms with Crippen LogP contribution in [0.2, 0.25) is 0 Å². The van der Waals surface area contributed by atoms with Crippen LogP contribution in [0.1, 0.15) is 73.6 Å². The zero-order valence-corrected chi connectivity index (χ0v) is 17.8. The molecule has 0 saturated carbocycles. The van der Waals surface area contributed by atoms with Crippen molar-refractivity contribution in [2.24, 2.45) is 0 Å². The van der Waals surface area contributed by atoms with Gasteiger partial charge in [-0.3, -0.25) is 9.78 Å². The molecule has 162 valence electrons. The van der Waals surface area contributed by atoms with Crippen LogP contribution >= 0.6 is 0 Å². The second-order valence-corrected chi connectivity index (χ2v) is 7.72. The van der Waals surface area contributed by atoms with E-state index in [1.54, 1.807) is 48.5 Å². The fourth-order valence-electron chi connectivity index (χ4n) is 2.73. The molecule has 30 heavy (non-hydrogen) atoms. The Labute approximate surface area is 178 Å². The minimum Gasteiger partial charge on any atom is -0.293 e. The molecule has 6 heteroatoms. The second-order valence-electron chi connectivity index (χ2n) is 7.72. The Bertz CT molecular complexity index is 773. The Kier molecular flexibility index (Phi) is 9.51. The topological polar surface area (TPSA) is 71.1 Å². The minimum atomic E-state index is -0.721. The lowest BCUT2D eigenvalue weighted by atomic mass is 9.98. The number of hydrogen-bond acceptors (Lipinski definition) is 6. The van der Waals surface area contributed by atoms with Crippen LogP contribution in [0.25, 0.3) is 0 Å². The summed E-state index contributed by atoms with van der Waals surface area (Å²) in [5, 5.41) is 0. The lowest BCUT2D eigenvalue weighted by molar-refractivity contribution is -0.314. The lowest BCUT2D eigenvalue weighted by Gasteiger charge is -2.25. The predicted molar refractivity (Wildman–Crippen MR) is 113 cm³/mol. The monoisotopic (exact) mass is 414 g/mol. The van der Waals surface area contributed by atoms with Gasteiger partial charge in [0.15, 0.2) is 0 Å². The minimum absolute atomic E-state index is 0.273. The van der Waals surface area contributed by atoms with Gasteiger partial charge in [0.1, 0.15) is 11.7 Å². The van der Waals surface area contributed by atoms with Crippen LogP contribution in [-0.2, 0) is 19.6 Å². The summed E-state index contributed by atoms with van der Waals surface area (Å²) in [7, 11) is 0. The van der Waals surface area contributed by atoms with Gasteiger partial charge >= 0.3 is 11.9 Å². The lowest BCUT2D eigenvalue weighted by Crippen LogP contribution is -2.29. The molecule has 0 aliphatic carbocycles. The number of unbranched alkanes of at least 4 members (excludes halogenated alkanes) is 1. The van der Waals surface area contributed by atoms with Gasteiger partial charge < -0.3 is 0 Å². The Morgan fingerprint density at radius 3 is 1.90 bits per heavy atom. The standard InChI is InChI=1S/C24H30O6/c1-4-5-16-21(27-28-22(25)19-12-8-6-9-13-19)17-18-24(2,3)30-29-23(26)20-14-10-7-11-15-20/h6-15,21H,4-5,16-18H2,1-3H3. The van der Waals surface area contributed by atoms with E-state index in [1.807, 2.05) is 26.0 Å². The van der Waals surface area contributed by atoms with Crippen LogP contribution in [-0.4, -0.2) is 23.6 Å². The molecule has 0 N–H and O–H groups in total. The van der Waals surface area contributed by atoms with Gasteiger partial charge in [0.25, 0.3) is 0 Å². The molecule has 0 aromatic heterocycles. The van der Waals surface area contributed by atoms with Crippen LogP contribution < -0.4 is 0 Å². The van der Waals surface area contributed by atoms with Crippen molar-refractivity contribution in [3.05, 3.63) is 71.8 Å². The molecule has 0 bridgehead atoms. The number of rotatable bonds is 12. The fourth-order valence-corrected chi connectivity index (χ4v) is 2.73. The largest absolute Gasteiger partial charge is 0.373 e. The van der Waals surface area contributed by atoms with Gasteiger partial charge in [-0.2, -0.15) is 9.78 Å². The molecule has 6 nitrogen and oxygen atoms in total. The van der Waals surface area contributed by atoms with E-state index in [0.717, 1.165) is 19.3 Å². The van der Waals surface area contributed by atoms with Gasteiger partial charge in [-0.15, -0.1) is 0 Å². The van der Waals surface area contributed by atoms with Crippen LogP contribution in [0.5, 0.6) is 0 Å². The van der Waals surface area contributed by atoms with Gasteiger partial charge in [0.05, 0.1) is 11.1 Å². The van der Waals surface area contributed by atoms with E-state index < -0.39 is 17.5 Å². The third-order valence-electron chi connectivity index (χ3n) is 4.57. The SMILES string of the molecule is CCCCC(CCC(C)(C)OOC(=O)c1ccccc1)OOC(=O)c1ccccc1. The molecule has 2 aromatic rings. The highest BCUT2D eigenvalue weighted by Gasteiger charge is 2.26. The Balaban J connectivity index is 1.82. The van der Waals surface area contributed by atoms with E-state index in [2.05, 4.69) is 6.92 Å². The zero-order chi connectivity index (χ0) is 21.8. The summed E-state index contributed by atoms with van der Waals surface area (Å²) in [5.74, 6) is -1.07. The molecule has 0 amide bonds. The summed E-state index contributed by atoms with van der Waals surface area (Å²) in [6.07, 6.45) is 3.55. The molecule has 0 aliphatic heterocycles. The third-order valence-corrected chi connectivity index (χ3v) is 4.57. The van der Waals surface area contributed by atoms with Crippen LogP contribution in [0.3, 0.4) is 0 Å². The molecular formula is C24H30O6. The number of hydrogen-bond donors (Lipinski definition) is 0. The highest BCUT2D eigenvalue weighted by molar-refractivity contribution is 5.89. The number of benzene rings is 2. The Morgan fingerprint density at radius 1 is 0.833 bits per heavy atom. The van der Waals surface area contributed by atoms with E-state index in [0.29, 0.717) is 24.0 Å². The molecule has 0 fully saturated rings. The van der Waals surface area contributed by atoms with Crippen LogP contribution in [0, 0.1) is 0 Å². The first kappa shape index (κ1) is 23.6. The summed E-state index contributed by atoms with van der Waals surface area (Å²) >= 11 is 0. The van der Waals surface area contributed by atoms with Gasteiger partial charge in [-0.1, -0.05) is 56.2 Å². The van der Waals surface area contributed by atoms with E-state index in [9.17, 15) is 9.59 Å². The van der Waals surface area contributed by atoms with Gasteiger partial charge in [0, 0.05) is 0 Å². The Hall–Kier alpha value is -2.70. The molecule has 0 saturated heterocycles. The maximum Gasteiger partial charge on any atom is 0.373 e. The van der Waals surface area contributed by atoms with E-state index in [4.69, 9.17) is 19.6 Å².